The number of rotatable bonds is 2. The summed E-state index contributed by atoms with van der Waals surface area (Å²) in [5.74, 6) is -2.08. The van der Waals surface area contributed by atoms with Gasteiger partial charge in [0.2, 0.25) is 0 Å². The third-order valence-corrected chi connectivity index (χ3v) is 1.64. The summed E-state index contributed by atoms with van der Waals surface area (Å²) in [6.07, 6.45) is -4.86. The van der Waals surface area contributed by atoms with Crippen molar-refractivity contribution in [1.29, 1.82) is 0 Å². The van der Waals surface area contributed by atoms with Crippen molar-refractivity contribution in [3.05, 3.63) is 18.0 Å². The molecule has 1 aromatic heterocycles. The van der Waals surface area contributed by atoms with E-state index in [1.54, 1.807) is 5.32 Å². The van der Waals surface area contributed by atoms with Gasteiger partial charge in [0.1, 0.15) is 0 Å². The van der Waals surface area contributed by atoms with Crippen LogP contribution in [-0.4, -0.2) is 22.1 Å². The Kier molecular flexibility index (Phi) is 2.96. The van der Waals surface area contributed by atoms with Gasteiger partial charge in [0.15, 0.2) is 0 Å². The lowest BCUT2D eigenvalue weighted by Gasteiger charge is -2.13. The lowest BCUT2D eigenvalue weighted by atomic mass is 10.2. The molecule has 0 aliphatic rings. The van der Waals surface area contributed by atoms with Gasteiger partial charge in [-0.3, -0.25) is 4.79 Å². The maximum Gasteiger partial charge on any atom is 0.471 e. The minimum atomic E-state index is -4.95. The summed E-state index contributed by atoms with van der Waals surface area (Å²) < 4.78 is 47.8. The highest BCUT2D eigenvalue weighted by Crippen LogP contribution is 2.17. The summed E-state index contributed by atoms with van der Waals surface area (Å²) in [4.78, 5) is 15.7. The van der Waals surface area contributed by atoms with Crippen molar-refractivity contribution in [3.8, 4) is 0 Å². The van der Waals surface area contributed by atoms with E-state index >= 15 is 0 Å². The quantitative estimate of drug-likeness (QED) is 0.745. The lowest BCUT2D eigenvalue weighted by molar-refractivity contribution is -0.174. The molecule has 0 fully saturated rings. The van der Waals surface area contributed by atoms with Gasteiger partial charge in [0.05, 0.1) is 17.9 Å². The second-order valence-corrected chi connectivity index (χ2v) is 2.82. The fourth-order valence-electron chi connectivity index (χ4n) is 0.886. The predicted molar refractivity (Wildman–Crippen MR) is 41.2 cm³/mol. The van der Waals surface area contributed by atoms with Crippen molar-refractivity contribution < 1.29 is 22.4 Å². The van der Waals surface area contributed by atoms with Crippen LogP contribution in [0.3, 0.4) is 0 Å². The van der Waals surface area contributed by atoms with Crippen LogP contribution in [0.15, 0.2) is 6.20 Å². The van der Waals surface area contributed by atoms with Gasteiger partial charge in [-0.25, -0.2) is 4.98 Å². The van der Waals surface area contributed by atoms with Gasteiger partial charge in [-0.05, 0) is 6.92 Å². The zero-order valence-electron chi connectivity index (χ0n) is 7.52. The average molecular weight is 225 g/mol. The van der Waals surface area contributed by atoms with E-state index < -0.39 is 24.2 Å². The van der Waals surface area contributed by atoms with Crippen LogP contribution < -0.4 is 5.32 Å². The second-order valence-electron chi connectivity index (χ2n) is 2.82. The van der Waals surface area contributed by atoms with Gasteiger partial charge in [0.25, 0.3) is 6.08 Å². The summed E-state index contributed by atoms with van der Waals surface area (Å²) >= 11 is 0. The van der Waals surface area contributed by atoms with Crippen LogP contribution >= 0.6 is 0 Å². The van der Waals surface area contributed by atoms with Crippen molar-refractivity contribution in [1.82, 2.24) is 15.3 Å². The van der Waals surface area contributed by atoms with Crippen LogP contribution in [0.1, 0.15) is 18.7 Å². The molecular formula is C7H7F4N3O. The first-order chi connectivity index (χ1) is 6.80. The monoisotopic (exact) mass is 225 g/mol. The number of nitrogens with zero attached hydrogens (tertiary/aromatic N) is 1. The van der Waals surface area contributed by atoms with Crippen molar-refractivity contribution >= 4 is 5.91 Å². The molecule has 15 heavy (non-hydrogen) atoms. The molecule has 0 spiro atoms. The standard InChI is InChI=1S/C7H7F4N3O/c1-3(4-2-12-6(8)14-4)13-5(15)7(9,10)11/h2-3H,1H3,(H,12,14)(H,13,15). The Balaban J connectivity index is 2.64. The number of nitrogens with one attached hydrogen (secondary N) is 2. The topological polar surface area (TPSA) is 57.8 Å². The highest BCUT2D eigenvalue weighted by Gasteiger charge is 2.39. The molecule has 1 rings (SSSR count). The van der Waals surface area contributed by atoms with Gasteiger partial charge in [-0.2, -0.15) is 17.6 Å². The number of halogens is 4. The van der Waals surface area contributed by atoms with E-state index in [0.29, 0.717) is 0 Å². The zero-order valence-corrected chi connectivity index (χ0v) is 7.52. The molecule has 0 radical (unpaired) electrons. The van der Waals surface area contributed by atoms with E-state index in [9.17, 15) is 22.4 Å². The van der Waals surface area contributed by atoms with E-state index in [1.807, 2.05) is 0 Å². The molecule has 84 valence electrons. The van der Waals surface area contributed by atoms with Crippen LogP contribution in [0, 0.1) is 6.08 Å². The Morgan fingerprint density at radius 1 is 1.60 bits per heavy atom. The summed E-state index contributed by atoms with van der Waals surface area (Å²) in [6.45, 7) is 1.27. The van der Waals surface area contributed by atoms with Gasteiger partial charge < -0.3 is 10.3 Å². The van der Waals surface area contributed by atoms with Gasteiger partial charge in [-0.15, -0.1) is 0 Å². The van der Waals surface area contributed by atoms with E-state index in [2.05, 4.69) is 9.97 Å². The third kappa shape index (κ3) is 2.93. The molecule has 0 saturated heterocycles. The van der Waals surface area contributed by atoms with E-state index in [0.717, 1.165) is 6.20 Å². The SMILES string of the molecule is CC(NC(=O)C(F)(F)F)c1cnc(F)[nH]1. The van der Waals surface area contributed by atoms with Crippen LogP contribution in [0.2, 0.25) is 0 Å². The number of hydrogen-bond acceptors (Lipinski definition) is 2. The molecule has 0 aliphatic heterocycles. The summed E-state index contributed by atoms with van der Waals surface area (Å²) in [7, 11) is 0. The van der Waals surface area contributed by atoms with E-state index in [-0.39, 0.29) is 5.69 Å². The molecule has 1 aromatic rings. The van der Waals surface area contributed by atoms with Crippen molar-refractivity contribution in [2.24, 2.45) is 0 Å². The van der Waals surface area contributed by atoms with Gasteiger partial charge >= 0.3 is 12.1 Å². The number of alkyl halides is 3. The van der Waals surface area contributed by atoms with Crippen LogP contribution in [0.5, 0.6) is 0 Å². The maximum absolute atomic E-state index is 12.4. The van der Waals surface area contributed by atoms with E-state index in [4.69, 9.17) is 0 Å². The summed E-state index contributed by atoms with van der Waals surface area (Å²) in [5.41, 5.74) is 0.0603. The number of amides is 1. The second kappa shape index (κ2) is 3.87. The first kappa shape index (κ1) is 11.5. The van der Waals surface area contributed by atoms with Crippen molar-refractivity contribution in [3.63, 3.8) is 0 Å². The molecule has 1 atom stereocenters. The minimum absolute atomic E-state index is 0.0603. The fraction of sp³-hybridized carbons (Fsp3) is 0.429. The molecule has 0 aromatic carbocycles. The third-order valence-electron chi connectivity index (χ3n) is 1.64. The van der Waals surface area contributed by atoms with Crippen LogP contribution in [0.4, 0.5) is 17.6 Å². The summed E-state index contributed by atoms with van der Waals surface area (Å²) in [6, 6.07) is -0.990. The summed E-state index contributed by atoms with van der Waals surface area (Å²) in [5, 5.41) is 1.65. The Hall–Kier alpha value is -1.60. The van der Waals surface area contributed by atoms with E-state index in [1.165, 1.54) is 6.92 Å². The fourth-order valence-corrected chi connectivity index (χ4v) is 0.886. The minimum Gasteiger partial charge on any atom is -0.340 e. The lowest BCUT2D eigenvalue weighted by Crippen LogP contribution is -2.38. The molecule has 2 N–H and O–H groups in total. The number of aromatic amines is 1. The number of carbonyl (C=O) groups is 1. The molecule has 8 heteroatoms. The predicted octanol–water partition coefficient (Wildman–Crippen LogP) is 1.29. The maximum atomic E-state index is 12.4. The molecule has 0 bridgehead atoms. The zero-order chi connectivity index (χ0) is 11.6. The Morgan fingerprint density at radius 3 is 2.60 bits per heavy atom. The normalized spacial score (nSPS) is 13.7. The molecular weight excluding hydrogens is 218 g/mol. The molecule has 1 unspecified atom stereocenters. The molecule has 1 amide bonds. The molecule has 1 heterocycles. The first-order valence-electron chi connectivity index (χ1n) is 3.89. The van der Waals surface area contributed by atoms with Crippen LogP contribution in [0.25, 0.3) is 0 Å². The highest BCUT2D eigenvalue weighted by molar-refractivity contribution is 5.81. The molecule has 0 saturated carbocycles. The van der Waals surface area contributed by atoms with Crippen molar-refractivity contribution in [2.45, 2.75) is 19.1 Å². The number of imidazole rings is 1. The Morgan fingerprint density at radius 2 is 2.20 bits per heavy atom. The Labute approximate surface area is 81.7 Å². The highest BCUT2D eigenvalue weighted by atomic mass is 19.4. The average Bonchev–Trinajstić information content (AvgIpc) is 2.50. The Bertz CT molecular complexity index is 359. The van der Waals surface area contributed by atoms with Gasteiger partial charge in [-0.1, -0.05) is 0 Å². The number of aromatic nitrogens is 2. The number of H-pyrrole nitrogens is 1. The largest absolute Gasteiger partial charge is 0.471 e. The van der Waals surface area contributed by atoms with Crippen molar-refractivity contribution in [2.75, 3.05) is 0 Å². The number of hydrogen-bond donors (Lipinski definition) is 2. The van der Waals surface area contributed by atoms with Gasteiger partial charge in [0, 0.05) is 0 Å². The molecule has 0 aliphatic carbocycles. The first-order valence-corrected chi connectivity index (χ1v) is 3.89. The molecule has 4 nitrogen and oxygen atoms in total. The smallest absolute Gasteiger partial charge is 0.340 e. The number of carbonyl (C=O) groups excluding carboxylic acids is 1. The van der Waals surface area contributed by atoms with Crippen LogP contribution in [-0.2, 0) is 4.79 Å².